The summed E-state index contributed by atoms with van der Waals surface area (Å²) in [6.45, 7) is 1.96. The van der Waals surface area contributed by atoms with Crippen LogP contribution in [0.15, 0.2) is 77.9 Å². The third-order valence-electron chi connectivity index (χ3n) is 6.03. The van der Waals surface area contributed by atoms with E-state index in [1.165, 1.54) is 0 Å². The van der Waals surface area contributed by atoms with E-state index in [0.717, 1.165) is 28.1 Å². The van der Waals surface area contributed by atoms with Crippen LogP contribution in [0.1, 0.15) is 28.3 Å². The number of benzene rings is 1. The number of halogens is 1. The Hall–Kier alpha value is -4.50. The van der Waals surface area contributed by atoms with Gasteiger partial charge in [-0.15, -0.1) is 5.10 Å². The van der Waals surface area contributed by atoms with E-state index in [9.17, 15) is 0 Å². The van der Waals surface area contributed by atoms with E-state index in [1.54, 1.807) is 34.1 Å². The number of furan rings is 1. The van der Waals surface area contributed by atoms with Crippen LogP contribution in [0.3, 0.4) is 0 Å². The number of hydrogen-bond donors (Lipinski definition) is 0. The van der Waals surface area contributed by atoms with Gasteiger partial charge in [-0.05, 0) is 48.9 Å². The Morgan fingerprint density at radius 2 is 1.97 bits per heavy atom. The van der Waals surface area contributed by atoms with Crippen LogP contribution in [0.4, 0.5) is 0 Å². The molecule has 0 radical (unpaired) electrons. The molecular weight excluding hydrogens is 466 g/mol. The molecule has 170 valence electrons. The van der Waals surface area contributed by atoms with E-state index in [-0.39, 0.29) is 5.92 Å². The van der Waals surface area contributed by atoms with Gasteiger partial charge >= 0.3 is 0 Å². The maximum Gasteiger partial charge on any atom is 0.230 e. The Bertz CT molecular complexity index is 1710. The molecule has 35 heavy (non-hydrogen) atoms. The number of pyridine rings is 1. The predicted octanol–water partition coefficient (Wildman–Crippen LogP) is 5.21. The van der Waals surface area contributed by atoms with Gasteiger partial charge in [0.25, 0.3) is 0 Å². The minimum atomic E-state index is -0.278. The Kier molecular flexibility index (Phi) is 4.27. The van der Waals surface area contributed by atoms with E-state index in [2.05, 4.69) is 15.1 Å². The van der Waals surface area contributed by atoms with Crippen LogP contribution in [-0.4, -0.2) is 34.3 Å². The molecular formula is C25H16ClN7O2. The normalized spacial score (nSPS) is 14.5. The maximum atomic E-state index is 6.40. The van der Waals surface area contributed by atoms with Crippen LogP contribution in [0.5, 0.6) is 11.8 Å². The first-order valence-electron chi connectivity index (χ1n) is 10.9. The summed E-state index contributed by atoms with van der Waals surface area (Å²) in [4.78, 5) is 13.8. The standard InChI is InChI=1S/C25H16ClN7O2/c1-14-19-20(15-5-3-9-27-12-15)21-23-29-22(18-8-4-10-34-18)31-32(23)13-28-24(21)35-25(19)33(30-14)17-7-2-6-16(26)11-17/h2-13,20H,1H3/t20-/m0/s1. The first-order valence-corrected chi connectivity index (χ1v) is 11.3. The lowest BCUT2D eigenvalue weighted by Gasteiger charge is -2.26. The average molecular weight is 482 g/mol. The summed E-state index contributed by atoms with van der Waals surface area (Å²) < 4.78 is 15.3. The Labute approximate surface area is 203 Å². The third kappa shape index (κ3) is 3.05. The molecule has 0 fully saturated rings. The smallest absolute Gasteiger partial charge is 0.230 e. The van der Waals surface area contributed by atoms with Gasteiger partial charge in [0, 0.05) is 17.4 Å². The molecule has 1 atom stereocenters. The number of aryl methyl sites for hydroxylation is 1. The van der Waals surface area contributed by atoms with Crippen molar-refractivity contribution in [1.82, 2.24) is 34.3 Å². The van der Waals surface area contributed by atoms with Gasteiger partial charge in [0.2, 0.25) is 17.6 Å². The fraction of sp³-hybridized carbons (Fsp3) is 0.0800. The zero-order valence-electron chi connectivity index (χ0n) is 18.3. The van der Waals surface area contributed by atoms with E-state index in [1.807, 2.05) is 55.6 Å². The molecule has 6 heterocycles. The highest BCUT2D eigenvalue weighted by Crippen LogP contribution is 2.49. The van der Waals surface area contributed by atoms with Gasteiger partial charge in [0.05, 0.1) is 34.7 Å². The van der Waals surface area contributed by atoms with Crippen molar-refractivity contribution < 1.29 is 9.15 Å². The summed E-state index contributed by atoms with van der Waals surface area (Å²) in [5.41, 5.74) is 4.88. The van der Waals surface area contributed by atoms with Crippen molar-refractivity contribution >= 4 is 17.2 Å². The molecule has 1 aromatic carbocycles. The molecule has 10 heteroatoms. The summed E-state index contributed by atoms with van der Waals surface area (Å²) in [5.74, 6) is 1.77. The molecule has 0 N–H and O–H groups in total. The molecule has 1 aliphatic heterocycles. The molecule has 0 bridgehead atoms. The van der Waals surface area contributed by atoms with Crippen LogP contribution >= 0.6 is 11.6 Å². The van der Waals surface area contributed by atoms with Gasteiger partial charge in [0.15, 0.2) is 11.4 Å². The van der Waals surface area contributed by atoms with Crippen LogP contribution in [0.2, 0.25) is 5.02 Å². The average Bonchev–Trinajstić information content (AvgIpc) is 3.62. The topological polar surface area (TPSA) is 96.2 Å². The highest BCUT2D eigenvalue weighted by atomic mass is 35.5. The fourth-order valence-electron chi connectivity index (χ4n) is 4.55. The summed E-state index contributed by atoms with van der Waals surface area (Å²) in [5, 5.41) is 10.00. The number of fused-ring (bicyclic) bond motifs is 4. The molecule has 0 unspecified atom stereocenters. The molecule has 0 saturated heterocycles. The fourth-order valence-corrected chi connectivity index (χ4v) is 4.74. The monoisotopic (exact) mass is 481 g/mol. The number of hydrogen-bond acceptors (Lipinski definition) is 7. The van der Waals surface area contributed by atoms with Crippen molar-refractivity contribution in [3.05, 3.63) is 101 Å². The lowest BCUT2D eigenvalue weighted by atomic mass is 9.85. The van der Waals surface area contributed by atoms with Crippen molar-refractivity contribution in [2.75, 3.05) is 0 Å². The second-order valence-electron chi connectivity index (χ2n) is 8.16. The molecule has 0 amide bonds. The zero-order valence-corrected chi connectivity index (χ0v) is 19.1. The number of ether oxygens (including phenoxy) is 1. The summed E-state index contributed by atoms with van der Waals surface area (Å²) in [7, 11) is 0. The van der Waals surface area contributed by atoms with Crippen LogP contribution < -0.4 is 4.74 Å². The van der Waals surface area contributed by atoms with Crippen LogP contribution in [0.25, 0.3) is 22.9 Å². The maximum absolute atomic E-state index is 6.40. The SMILES string of the molecule is Cc1nn(-c2cccc(Cl)c2)c2c1[C@H](c1cccnc1)c1c(ncn3nc(-c4ccco4)nc13)O2. The first-order chi connectivity index (χ1) is 17.2. The molecule has 0 spiro atoms. The Morgan fingerprint density at radius 3 is 2.77 bits per heavy atom. The van der Waals surface area contributed by atoms with E-state index in [4.69, 9.17) is 30.8 Å². The summed E-state index contributed by atoms with van der Waals surface area (Å²) >= 11 is 6.27. The van der Waals surface area contributed by atoms with Gasteiger partial charge < -0.3 is 9.15 Å². The van der Waals surface area contributed by atoms with Gasteiger partial charge in [-0.3, -0.25) is 4.98 Å². The molecule has 6 aromatic rings. The van der Waals surface area contributed by atoms with E-state index < -0.39 is 0 Å². The molecule has 1 aliphatic rings. The number of aromatic nitrogens is 7. The predicted molar refractivity (Wildman–Crippen MR) is 127 cm³/mol. The van der Waals surface area contributed by atoms with Crippen molar-refractivity contribution in [2.45, 2.75) is 12.8 Å². The highest BCUT2D eigenvalue weighted by molar-refractivity contribution is 6.30. The first kappa shape index (κ1) is 19.9. The minimum absolute atomic E-state index is 0.278. The summed E-state index contributed by atoms with van der Waals surface area (Å²) in [6, 6.07) is 15.0. The molecule has 9 nitrogen and oxygen atoms in total. The Balaban J connectivity index is 1.50. The molecule has 5 aromatic heterocycles. The van der Waals surface area contributed by atoms with Crippen molar-refractivity contribution in [1.29, 1.82) is 0 Å². The lowest BCUT2D eigenvalue weighted by molar-refractivity contribution is 0.402. The van der Waals surface area contributed by atoms with E-state index >= 15 is 0 Å². The second-order valence-corrected chi connectivity index (χ2v) is 8.60. The van der Waals surface area contributed by atoms with Crippen LogP contribution in [0, 0.1) is 6.92 Å². The van der Waals surface area contributed by atoms with Gasteiger partial charge in [-0.2, -0.15) is 5.10 Å². The van der Waals surface area contributed by atoms with E-state index in [0.29, 0.717) is 34.0 Å². The Morgan fingerprint density at radius 1 is 1.03 bits per heavy atom. The van der Waals surface area contributed by atoms with Gasteiger partial charge in [-0.25, -0.2) is 19.2 Å². The van der Waals surface area contributed by atoms with Gasteiger partial charge in [0.1, 0.15) is 6.33 Å². The quantitative estimate of drug-likeness (QED) is 0.341. The van der Waals surface area contributed by atoms with Crippen molar-refractivity contribution in [3.8, 4) is 29.0 Å². The minimum Gasteiger partial charge on any atom is -0.461 e. The van der Waals surface area contributed by atoms with Gasteiger partial charge in [-0.1, -0.05) is 23.7 Å². The van der Waals surface area contributed by atoms with Crippen molar-refractivity contribution in [3.63, 3.8) is 0 Å². The summed E-state index contributed by atoms with van der Waals surface area (Å²) in [6.07, 6.45) is 6.77. The molecule has 0 aliphatic carbocycles. The zero-order chi connectivity index (χ0) is 23.5. The number of nitrogens with zero attached hydrogens (tertiary/aromatic N) is 7. The van der Waals surface area contributed by atoms with Crippen molar-refractivity contribution in [2.24, 2.45) is 0 Å². The highest BCUT2D eigenvalue weighted by Gasteiger charge is 2.38. The lowest BCUT2D eigenvalue weighted by Crippen LogP contribution is -2.16. The number of rotatable bonds is 3. The second kappa shape index (κ2) is 7.51. The largest absolute Gasteiger partial charge is 0.461 e. The van der Waals surface area contributed by atoms with Crippen LogP contribution in [-0.2, 0) is 0 Å². The molecule has 7 rings (SSSR count). The third-order valence-corrected chi connectivity index (χ3v) is 6.27. The molecule has 0 saturated carbocycles.